The summed E-state index contributed by atoms with van der Waals surface area (Å²) in [5.41, 5.74) is -1.24. The van der Waals surface area contributed by atoms with Gasteiger partial charge in [0.05, 0.1) is 0 Å². The molecule has 0 N–H and O–H groups in total. The van der Waals surface area contributed by atoms with Gasteiger partial charge in [0.1, 0.15) is 0 Å². The van der Waals surface area contributed by atoms with Crippen LogP contribution in [0.1, 0.15) is 11.1 Å². The van der Waals surface area contributed by atoms with E-state index >= 15 is 0 Å². The molecule has 0 saturated heterocycles. The first-order valence-electron chi connectivity index (χ1n) is 8.38. The maximum atomic E-state index is 13.4. The highest BCUT2D eigenvalue weighted by molar-refractivity contribution is 5.92. The number of rotatable bonds is 2. The van der Waals surface area contributed by atoms with Crippen LogP contribution in [0.5, 0.6) is 0 Å². The van der Waals surface area contributed by atoms with Gasteiger partial charge in [0, 0.05) is 11.1 Å². The Bertz CT molecular complexity index is 1100. The Morgan fingerprint density at radius 3 is 1.00 bits per heavy atom. The molecule has 34 heavy (non-hydrogen) atoms. The van der Waals surface area contributed by atoms with E-state index in [0.717, 1.165) is 36.4 Å². The minimum Gasteiger partial charge on any atom is -0.188 e. The van der Waals surface area contributed by atoms with E-state index in [-0.39, 0.29) is 10.8 Å². The van der Waals surface area contributed by atoms with Crippen molar-refractivity contribution in [1.29, 1.82) is 0 Å². The maximum absolute atomic E-state index is 13.4. The van der Waals surface area contributed by atoms with E-state index in [1.54, 1.807) is 0 Å². The van der Waals surface area contributed by atoms with E-state index in [1.165, 1.54) is 11.8 Å². The minimum atomic E-state index is -6.64. The van der Waals surface area contributed by atoms with Crippen LogP contribution < -0.4 is 0 Å². The lowest BCUT2D eigenvalue weighted by Gasteiger charge is -2.24. The third kappa shape index (κ3) is 4.72. The lowest BCUT2D eigenvalue weighted by molar-refractivity contribution is -0.339. The number of alkyl halides is 14. The third-order valence-electron chi connectivity index (χ3n) is 4.13. The van der Waals surface area contributed by atoms with Crippen molar-refractivity contribution in [3.8, 4) is 23.7 Å². The Morgan fingerprint density at radius 1 is 0.441 bits per heavy atom. The molecule has 14 heteroatoms. The van der Waals surface area contributed by atoms with Gasteiger partial charge in [-0.25, -0.2) is 0 Å². The van der Waals surface area contributed by atoms with Gasteiger partial charge in [0.15, 0.2) is 0 Å². The second-order valence-corrected chi connectivity index (χ2v) is 6.50. The van der Waals surface area contributed by atoms with Gasteiger partial charge in [-0.2, -0.15) is 61.5 Å². The van der Waals surface area contributed by atoms with Gasteiger partial charge in [-0.15, -0.1) is 0 Å². The Kier molecular flexibility index (Phi) is 6.57. The van der Waals surface area contributed by atoms with Crippen LogP contribution in [-0.2, 0) is 0 Å². The molecule has 0 nitrogen and oxygen atoms in total. The average molecular weight is 512 g/mol. The zero-order valence-corrected chi connectivity index (χ0v) is 15.8. The summed E-state index contributed by atoms with van der Waals surface area (Å²) in [6, 6.07) is 5.63. The van der Waals surface area contributed by atoms with Gasteiger partial charge in [-0.05, 0) is 34.7 Å². The molecule has 2 rings (SSSR count). The summed E-state index contributed by atoms with van der Waals surface area (Å²) in [4.78, 5) is 0. The normalized spacial score (nSPS) is 13.7. The van der Waals surface area contributed by atoms with Crippen molar-refractivity contribution in [1.82, 2.24) is 0 Å². The predicted octanol–water partition coefficient (Wildman–Crippen LogP) is 7.21. The number of hydrogen-bond acceptors (Lipinski definition) is 0. The first-order chi connectivity index (χ1) is 15.2. The summed E-state index contributed by atoms with van der Waals surface area (Å²) in [5.74, 6) is -21.0. The highest BCUT2D eigenvalue weighted by Gasteiger charge is 2.73. The van der Waals surface area contributed by atoms with Crippen molar-refractivity contribution >= 4 is 10.8 Å². The van der Waals surface area contributed by atoms with Gasteiger partial charge in [-0.1, -0.05) is 36.1 Å². The molecule has 0 aliphatic carbocycles. The van der Waals surface area contributed by atoms with Crippen LogP contribution in [0.15, 0.2) is 36.4 Å². The van der Waals surface area contributed by atoms with Crippen molar-refractivity contribution in [3.63, 3.8) is 0 Å². The number of fused-ring (bicyclic) bond motifs is 1. The summed E-state index contributed by atoms with van der Waals surface area (Å²) < 4.78 is 179. The molecule has 2 aromatic carbocycles. The lowest BCUT2D eigenvalue weighted by atomic mass is 9.99. The molecular formula is C20H6F14. The summed E-state index contributed by atoms with van der Waals surface area (Å²) >= 11 is 0. The van der Waals surface area contributed by atoms with E-state index in [0.29, 0.717) is 11.8 Å². The highest BCUT2D eigenvalue weighted by Crippen LogP contribution is 2.47. The topological polar surface area (TPSA) is 0 Å². The second-order valence-electron chi connectivity index (χ2n) is 6.50. The van der Waals surface area contributed by atoms with Crippen LogP contribution in [0, 0.1) is 23.7 Å². The second kappa shape index (κ2) is 8.25. The Morgan fingerprint density at radius 2 is 0.735 bits per heavy atom. The van der Waals surface area contributed by atoms with Gasteiger partial charge in [0.25, 0.3) is 0 Å². The van der Waals surface area contributed by atoms with Crippen molar-refractivity contribution in [2.45, 2.75) is 36.0 Å². The van der Waals surface area contributed by atoms with Gasteiger partial charge in [0.2, 0.25) is 0 Å². The maximum Gasteiger partial charge on any atom is 0.461 e. The number of benzene rings is 2. The summed E-state index contributed by atoms with van der Waals surface area (Å²) in [5, 5.41) is -0.669. The SMILES string of the molecule is FC(F)(F)C(F)(F)C(F)(F)C#Cc1cccc2c(C#CC(F)(F)C(F)(F)C(F)(F)F)cccc12. The monoisotopic (exact) mass is 512 g/mol. The van der Waals surface area contributed by atoms with Gasteiger partial charge in [-0.3, -0.25) is 0 Å². The zero-order chi connectivity index (χ0) is 26.4. The quantitative estimate of drug-likeness (QED) is 0.295. The summed E-state index contributed by atoms with van der Waals surface area (Å²) in [6.07, 6.45) is -13.3. The molecule has 0 fully saturated rings. The van der Waals surface area contributed by atoms with Crippen molar-refractivity contribution in [3.05, 3.63) is 47.5 Å². The molecule has 0 spiro atoms. The smallest absolute Gasteiger partial charge is 0.188 e. The largest absolute Gasteiger partial charge is 0.461 e. The predicted molar refractivity (Wildman–Crippen MR) is 89.6 cm³/mol. The molecule has 0 unspecified atom stereocenters. The molecule has 0 saturated carbocycles. The van der Waals surface area contributed by atoms with Crippen LogP contribution >= 0.6 is 0 Å². The van der Waals surface area contributed by atoms with Crippen LogP contribution in [0.3, 0.4) is 0 Å². The fourth-order valence-corrected chi connectivity index (χ4v) is 2.33. The van der Waals surface area contributed by atoms with E-state index in [2.05, 4.69) is 0 Å². The molecule has 0 aliphatic heterocycles. The molecule has 0 aliphatic rings. The molecule has 184 valence electrons. The number of hydrogen-bond donors (Lipinski definition) is 0. The Balaban J connectivity index is 2.59. The van der Waals surface area contributed by atoms with Crippen LogP contribution in [-0.4, -0.2) is 36.0 Å². The molecule has 0 atom stereocenters. The lowest BCUT2D eigenvalue weighted by Crippen LogP contribution is -2.51. The summed E-state index contributed by atoms with van der Waals surface area (Å²) in [7, 11) is 0. The third-order valence-corrected chi connectivity index (χ3v) is 4.13. The minimum absolute atomic E-state index is 0.334. The first kappa shape index (κ1) is 27.1. The number of halogens is 14. The summed E-state index contributed by atoms with van der Waals surface area (Å²) in [6.45, 7) is 0. The van der Waals surface area contributed by atoms with Gasteiger partial charge >= 0.3 is 36.0 Å². The Labute approximate surface area is 180 Å². The average Bonchev–Trinajstić information content (AvgIpc) is 2.68. The highest BCUT2D eigenvalue weighted by atomic mass is 19.4. The molecular weight excluding hydrogens is 506 g/mol. The molecule has 0 heterocycles. The van der Waals surface area contributed by atoms with Crippen molar-refractivity contribution in [2.24, 2.45) is 0 Å². The van der Waals surface area contributed by atoms with E-state index in [1.807, 2.05) is 0 Å². The fraction of sp³-hybridized carbons (Fsp3) is 0.300. The van der Waals surface area contributed by atoms with Gasteiger partial charge < -0.3 is 0 Å². The molecule has 2 aromatic rings. The first-order valence-corrected chi connectivity index (χ1v) is 8.38. The molecule has 0 bridgehead atoms. The molecule has 0 aromatic heterocycles. The van der Waals surface area contributed by atoms with Crippen LogP contribution in [0.4, 0.5) is 61.5 Å². The van der Waals surface area contributed by atoms with E-state index in [4.69, 9.17) is 0 Å². The van der Waals surface area contributed by atoms with E-state index < -0.39 is 47.2 Å². The Hall–Kier alpha value is -3.16. The van der Waals surface area contributed by atoms with Crippen molar-refractivity contribution < 1.29 is 61.5 Å². The van der Waals surface area contributed by atoms with Crippen molar-refractivity contribution in [2.75, 3.05) is 0 Å². The fourth-order valence-electron chi connectivity index (χ4n) is 2.33. The standard InChI is InChI=1S/C20H6F14/c21-15(22,17(25,26)19(29,30)31)9-7-11-3-1-5-13-12(4-2-6-14(11)13)8-10-16(23,24)18(27,28)20(32,33)34/h1-6H. The van der Waals surface area contributed by atoms with Crippen LogP contribution in [0.25, 0.3) is 10.8 Å². The molecule has 0 amide bonds. The zero-order valence-electron chi connectivity index (χ0n) is 15.8. The van der Waals surface area contributed by atoms with E-state index in [9.17, 15) is 61.5 Å². The van der Waals surface area contributed by atoms with Crippen LogP contribution in [0.2, 0.25) is 0 Å². The molecule has 0 radical (unpaired) electrons.